The maximum atomic E-state index is 13.6. The minimum atomic E-state index is -3.14. The van der Waals surface area contributed by atoms with Crippen molar-refractivity contribution in [1.82, 2.24) is 20.3 Å². The lowest BCUT2D eigenvalue weighted by Crippen LogP contribution is -2.27. The highest BCUT2D eigenvalue weighted by Gasteiger charge is 2.31. The number of ether oxygens (including phenoxy) is 1. The van der Waals surface area contributed by atoms with Gasteiger partial charge in [0.15, 0.2) is 6.61 Å². The molecule has 32 heavy (non-hydrogen) atoms. The summed E-state index contributed by atoms with van der Waals surface area (Å²) in [5.41, 5.74) is 1.78. The maximum Gasteiger partial charge on any atom is 0.302 e. The van der Waals surface area contributed by atoms with E-state index in [9.17, 15) is 18.4 Å². The number of hydrogen-bond donors (Lipinski definition) is 2. The molecule has 2 aromatic heterocycles. The monoisotopic (exact) mass is 445 g/mol. The minimum Gasteiger partial charge on any atom is -0.471 e. The lowest BCUT2D eigenvalue weighted by atomic mass is 10.1. The van der Waals surface area contributed by atoms with Crippen LogP contribution in [0, 0.1) is 19.8 Å². The Hall–Kier alpha value is -3.43. The SMILES string of the molecule is C=C(C)C(F)(F)COc1cc(C)c(CNC(=O)c2cc(C)nc(NC(=O)C3CC3)n2)cn1. The van der Waals surface area contributed by atoms with E-state index in [4.69, 9.17) is 4.74 Å². The highest BCUT2D eigenvalue weighted by atomic mass is 19.3. The molecule has 2 N–H and O–H groups in total. The zero-order valence-corrected chi connectivity index (χ0v) is 18.2. The van der Waals surface area contributed by atoms with Gasteiger partial charge in [0.05, 0.1) is 0 Å². The molecule has 0 spiro atoms. The molecule has 2 heterocycles. The first-order valence-electron chi connectivity index (χ1n) is 10.1. The summed E-state index contributed by atoms with van der Waals surface area (Å²) in [6.07, 6.45) is 3.15. The van der Waals surface area contributed by atoms with E-state index in [2.05, 4.69) is 32.2 Å². The van der Waals surface area contributed by atoms with Crippen LogP contribution < -0.4 is 15.4 Å². The van der Waals surface area contributed by atoms with E-state index in [0.717, 1.165) is 12.8 Å². The predicted octanol–water partition coefficient (Wildman–Crippen LogP) is 3.36. The number of rotatable bonds is 9. The Labute approximate surface area is 184 Å². The molecule has 8 nitrogen and oxygen atoms in total. The van der Waals surface area contributed by atoms with Gasteiger partial charge in [0.2, 0.25) is 17.7 Å². The molecule has 0 unspecified atom stereocenters. The average Bonchev–Trinajstić information content (AvgIpc) is 3.56. The predicted molar refractivity (Wildman–Crippen MR) is 114 cm³/mol. The van der Waals surface area contributed by atoms with Crippen molar-refractivity contribution in [3.8, 4) is 5.88 Å². The van der Waals surface area contributed by atoms with Gasteiger partial charge in [-0.3, -0.25) is 14.9 Å². The van der Waals surface area contributed by atoms with Crippen LogP contribution in [-0.4, -0.2) is 39.3 Å². The summed E-state index contributed by atoms with van der Waals surface area (Å²) >= 11 is 0. The van der Waals surface area contributed by atoms with E-state index < -0.39 is 18.4 Å². The lowest BCUT2D eigenvalue weighted by Gasteiger charge is -2.17. The Morgan fingerprint density at radius 2 is 1.97 bits per heavy atom. The second kappa shape index (κ2) is 9.37. The number of carbonyl (C=O) groups is 2. The van der Waals surface area contributed by atoms with E-state index >= 15 is 0 Å². The summed E-state index contributed by atoms with van der Waals surface area (Å²) in [4.78, 5) is 36.8. The van der Waals surface area contributed by atoms with Crippen LogP contribution >= 0.6 is 0 Å². The molecule has 0 saturated heterocycles. The van der Waals surface area contributed by atoms with E-state index in [-0.39, 0.29) is 41.5 Å². The molecule has 0 radical (unpaired) electrons. The Bertz CT molecular complexity index is 1050. The number of carbonyl (C=O) groups excluding carboxylic acids is 2. The first kappa shape index (κ1) is 23.2. The molecule has 2 aromatic rings. The van der Waals surface area contributed by atoms with Gasteiger partial charge in [0.25, 0.3) is 5.91 Å². The molecule has 1 saturated carbocycles. The standard InChI is InChI=1S/C22H25F2N5O3/c1-12(2)22(23,24)11-32-18-7-13(3)16(9-25-18)10-26-20(31)17-8-14(4)27-21(28-17)29-19(30)15-5-6-15/h7-9,15H,1,5-6,10-11H2,2-4H3,(H,26,31)(H,27,28,29,30). The van der Waals surface area contributed by atoms with Crippen LogP contribution in [-0.2, 0) is 11.3 Å². The quantitative estimate of drug-likeness (QED) is 0.574. The molecule has 10 heteroatoms. The number of anilines is 1. The van der Waals surface area contributed by atoms with Crippen molar-refractivity contribution in [3.05, 3.63) is 53.0 Å². The zero-order chi connectivity index (χ0) is 23.5. The van der Waals surface area contributed by atoms with Crippen molar-refractivity contribution in [3.63, 3.8) is 0 Å². The van der Waals surface area contributed by atoms with Gasteiger partial charge >= 0.3 is 5.92 Å². The Balaban J connectivity index is 1.60. The maximum absolute atomic E-state index is 13.6. The fourth-order valence-electron chi connectivity index (χ4n) is 2.67. The summed E-state index contributed by atoms with van der Waals surface area (Å²) < 4.78 is 32.3. The Morgan fingerprint density at radius 3 is 2.59 bits per heavy atom. The van der Waals surface area contributed by atoms with Crippen LogP contribution in [0.3, 0.4) is 0 Å². The Kier molecular flexibility index (Phi) is 6.81. The third-order valence-electron chi connectivity index (χ3n) is 4.93. The summed E-state index contributed by atoms with van der Waals surface area (Å²) in [5, 5.41) is 5.37. The van der Waals surface area contributed by atoms with E-state index in [1.807, 2.05) is 0 Å². The van der Waals surface area contributed by atoms with Crippen molar-refractivity contribution in [2.24, 2.45) is 5.92 Å². The van der Waals surface area contributed by atoms with Gasteiger partial charge in [-0.2, -0.15) is 8.78 Å². The van der Waals surface area contributed by atoms with Crippen LogP contribution in [0.4, 0.5) is 14.7 Å². The molecule has 2 amide bonds. The van der Waals surface area contributed by atoms with E-state index in [1.54, 1.807) is 13.8 Å². The number of hydrogen-bond acceptors (Lipinski definition) is 6. The highest BCUT2D eigenvalue weighted by molar-refractivity contribution is 5.95. The van der Waals surface area contributed by atoms with Gasteiger partial charge in [0.1, 0.15) is 5.69 Å². The number of alkyl halides is 2. The van der Waals surface area contributed by atoms with Crippen LogP contribution in [0.25, 0.3) is 0 Å². The van der Waals surface area contributed by atoms with Gasteiger partial charge in [-0.05, 0) is 56.4 Å². The number of nitrogens with zero attached hydrogens (tertiary/aromatic N) is 3. The average molecular weight is 445 g/mol. The first-order chi connectivity index (χ1) is 15.0. The van der Waals surface area contributed by atoms with Gasteiger partial charge in [-0.1, -0.05) is 6.58 Å². The molecule has 1 fully saturated rings. The Morgan fingerprint density at radius 1 is 1.25 bits per heavy atom. The summed E-state index contributed by atoms with van der Waals surface area (Å²) in [6, 6.07) is 3.04. The van der Waals surface area contributed by atoms with Crippen LogP contribution in [0.15, 0.2) is 30.5 Å². The molecule has 0 aromatic carbocycles. The number of aromatic nitrogens is 3. The summed E-state index contributed by atoms with van der Waals surface area (Å²) in [7, 11) is 0. The first-order valence-corrected chi connectivity index (χ1v) is 10.1. The molecule has 0 atom stereocenters. The van der Waals surface area contributed by atoms with Crippen LogP contribution in [0.1, 0.15) is 47.1 Å². The largest absolute Gasteiger partial charge is 0.471 e. The fourth-order valence-corrected chi connectivity index (χ4v) is 2.67. The van der Waals surface area contributed by atoms with Crippen LogP contribution in [0.2, 0.25) is 0 Å². The number of halogens is 2. The number of pyridine rings is 1. The molecule has 1 aliphatic rings. The van der Waals surface area contributed by atoms with Crippen molar-refractivity contribution < 1.29 is 23.1 Å². The molecular weight excluding hydrogens is 420 g/mol. The molecule has 3 rings (SSSR count). The fraction of sp³-hybridized carbons (Fsp3) is 0.409. The molecule has 0 aliphatic heterocycles. The van der Waals surface area contributed by atoms with E-state index in [0.29, 0.717) is 16.8 Å². The molecule has 170 valence electrons. The minimum absolute atomic E-state index is 0.00848. The van der Waals surface area contributed by atoms with Gasteiger partial charge < -0.3 is 10.1 Å². The third-order valence-corrected chi connectivity index (χ3v) is 4.93. The second-order valence-corrected chi connectivity index (χ2v) is 7.89. The third kappa shape index (κ3) is 6.05. The smallest absolute Gasteiger partial charge is 0.302 e. The van der Waals surface area contributed by atoms with E-state index in [1.165, 1.54) is 25.3 Å². The topological polar surface area (TPSA) is 106 Å². The van der Waals surface area contributed by atoms with Crippen molar-refractivity contribution in [2.75, 3.05) is 11.9 Å². The summed E-state index contributed by atoms with van der Waals surface area (Å²) in [6.45, 7) is 7.24. The highest BCUT2D eigenvalue weighted by Crippen LogP contribution is 2.29. The second-order valence-electron chi connectivity index (χ2n) is 7.89. The van der Waals surface area contributed by atoms with Crippen molar-refractivity contribution >= 4 is 17.8 Å². The van der Waals surface area contributed by atoms with Gasteiger partial charge in [0, 0.05) is 30.4 Å². The van der Waals surface area contributed by atoms with Crippen molar-refractivity contribution in [2.45, 2.75) is 46.1 Å². The van der Waals surface area contributed by atoms with Crippen molar-refractivity contribution in [1.29, 1.82) is 0 Å². The number of amides is 2. The van der Waals surface area contributed by atoms with Gasteiger partial charge in [-0.25, -0.2) is 15.0 Å². The number of aryl methyl sites for hydroxylation is 2. The normalized spacial score (nSPS) is 13.4. The molecule has 1 aliphatic carbocycles. The lowest BCUT2D eigenvalue weighted by molar-refractivity contribution is -0.117. The van der Waals surface area contributed by atoms with Gasteiger partial charge in [-0.15, -0.1) is 0 Å². The van der Waals surface area contributed by atoms with Crippen LogP contribution in [0.5, 0.6) is 5.88 Å². The number of nitrogens with one attached hydrogen (secondary N) is 2. The zero-order valence-electron chi connectivity index (χ0n) is 18.2. The molecular formula is C22H25F2N5O3. The molecule has 0 bridgehead atoms. The summed E-state index contributed by atoms with van der Waals surface area (Å²) in [5.74, 6) is -3.59.